The van der Waals surface area contributed by atoms with Crippen LogP contribution in [0.15, 0.2) is 12.1 Å². The van der Waals surface area contributed by atoms with Crippen molar-refractivity contribution in [1.29, 1.82) is 0 Å². The number of ether oxygens (including phenoxy) is 1. The summed E-state index contributed by atoms with van der Waals surface area (Å²) >= 11 is 6.28. The highest BCUT2D eigenvalue weighted by Crippen LogP contribution is 2.44. The Morgan fingerprint density at radius 2 is 2.08 bits per heavy atom. The van der Waals surface area contributed by atoms with E-state index in [-0.39, 0.29) is 11.5 Å². The molecular weight excluding hydrogens is 354 g/mol. The third kappa shape index (κ3) is 3.11. The molecule has 0 unspecified atom stereocenters. The van der Waals surface area contributed by atoms with E-state index in [1.807, 2.05) is 24.8 Å². The van der Waals surface area contributed by atoms with Crippen LogP contribution in [0.5, 0.6) is 5.75 Å². The molecular formula is C19H24ClN3O3. The summed E-state index contributed by atoms with van der Waals surface area (Å²) in [6.07, 6.45) is 4.73. The number of carbonyl (C=O) groups is 2. The lowest BCUT2D eigenvalue weighted by Gasteiger charge is -2.34. The lowest BCUT2D eigenvalue weighted by atomic mass is 9.92. The van der Waals surface area contributed by atoms with E-state index in [0.29, 0.717) is 35.5 Å². The largest absolute Gasteiger partial charge is 0.485 e. The summed E-state index contributed by atoms with van der Waals surface area (Å²) in [5.41, 5.74) is 1.15. The van der Waals surface area contributed by atoms with Crippen LogP contribution < -0.4 is 15.4 Å². The second kappa shape index (κ2) is 6.34. The van der Waals surface area contributed by atoms with E-state index in [2.05, 4.69) is 10.6 Å². The first-order chi connectivity index (χ1) is 12.3. The van der Waals surface area contributed by atoms with Gasteiger partial charge in [-0.05, 0) is 45.6 Å². The molecule has 1 aliphatic carbocycles. The molecule has 7 heteroatoms. The van der Waals surface area contributed by atoms with Gasteiger partial charge in [0.25, 0.3) is 0 Å². The number of rotatable bonds is 3. The van der Waals surface area contributed by atoms with Crippen molar-refractivity contribution in [2.75, 3.05) is 11.9 Å². The van der Waals surface area contributed by atoms with Gasteiger partial charge in [0.1, 0.15) is 23.1 Å². The van der Waals surface area contributed by atoms with Crippen LogP contribution in [-0.4, -0.2) is 41.1 Å². The van der Waals surface area contributed by atoms with Crippen LogP contribution >= 0.6 is 11.6 Å². The highest BCUT2D eigenvalue weighted by molar-refractivity contribution is 6.34. The zero-order valence-corrected chi connectivity index (χ0v) is 15.9. The van der Waals surface area contributed by atoms with Gasteiger partial charge < -0.3 is 20.3 Å². The Morgan fingerprint density at radius 3 is 2.77 bits per heavy atom. The Bertz CT molecular complexity index is 761. The van der Waals surface area contributed by atoms with Crippen LogP contribution in [0.1, 0.15) is 45.1 Å². The lowest BCUT2D eigenvalue weighted by molar-refractivity contribution is -0.132. The fourth-order valence-electron chi connectivity index (χ4n) is 3.95. The first-order valence-corrected chi connectivity index (χ1v) is 9.60. The number of carbonyl (C=O) groups excluding carboxylic acids is 2. The Morgan fingerprint density at radius 1 is 1.31 bits per heavy atom. The average molecular weight is 378 g/mol. The summed E-state index contributed by atoms with van der Waals surface area (Å²) < 4.78 is 5.97. The zero-order valence-electron chi connectivity index (χ0n) is 15.1. The van der Waals surface area contributed by atoms with E-state index in [1.165, 1.54) is 6.42 Å². The molecule has 1 aromatic rings. The molecule has 2 N–H and O–H groups in total. The van der Waals surface area contributed by atoms with Crippen LogP contribution in [0.4, 0.5) is 10.5 Å². The molecule has 0 bridgehead atoms. The first-order valence-electron chi connectivity index (χ1n) is 9.22. The van der Waals surface area contributed by atoms with Gasteiger partial charge >= 0.3 is 6.03 Å². The molecule has 1 saturated carbocycles. The average Bonchev–Trinajstić information content (AvgIpc) is 3.02. The highest BCUT2D eigenvalue weighted by Gasteiger charge is 2.39. The van der Waals surface area contributed by atoms with Crippen molar-refractivity contribution >= 4 is 29.2 Å². The fraction of sp³-hybridized carbons (Fsp3) is 0.579. The molecule has 0 spiro atoms. The maximum atomic E-state index is 12.5. The van der Waals surface area contributed by atoms with Gasteiger partial charge in [-0.25, -0.2) is 4.79 Å². The number of benzene rings is 1. The van der Waals surface area contributed by atoms with E-state index < -0.39 is 12.1 Å². The van der Waals surface area contributed by atoms with Gasteiger partial charge in [0.15, 0.2) is 0 Å². The monoisotopic (exact) mass is 377 g/mol. The third-order valence-corrected chi connectivity index (χ3v) is 5.80. The maximum Gasteiger partial charge on any atom is 0.320 e. The van der Waals surface area contributed by atoms with Crippen LogP contribution in [-0.2, 0) is 11.2 Å². The summed E-state index contributed by atoms with van der Waals surface area (Å²) in [5.74, 6) is 0.637. The van der Waals surface area contributed by atoms with E-state index in [0.717, 1.165) is 24.8 Å². The molecule has 0 aromatic heterocycles. The number of amides is 3. The number of anilines is 1. The van der Waals surface area contributed by atoms with Crippen LogP contribution in [0.2, 0.25) is 5.02 Å². The normalized spacial score (nSPS) is 24.0. The number of hydrogen-bond acceptors (Lipinski definition) is 3. The number of hydrogen-bond donors (Lipinski definition) is 2. The number of likely N-dealkylation sites (tertiary alicyclic amines) is 1. The van der Waals surface area contributed by atoms with Gasteiger partial charge in [-0.3, -0.25) is 4.79 Å². The molecule has 3 aliphatic rings. The van der Waals surface area contributed by atoms with Gasteiger partial charge in [-0.2, -0.15) is 0 Å². The van der Waals surface area contributed by atoms with Crippen molar-refractivity contribution in [3.63, 3.8) is 0 Å². The molecule has 26 heavy (non-hydrogen) atoms. The summed E-state index contributed by atoms with van der Waals surface area (Å²) in [5, 5.41) is 6.01. The molecule has 1 aromatic carbocycles. The summed E-state index contributed by atoms with van der Waals surface area (Å²) in [6, 6.07) is 3.15. The predicted octanol–water partition coefficient (Wildman–Crippen LogP) is 3.33. The minimum atomic E-state index is -0.469. The van der Waals surface area contributed by atoms with Gasteiger partial charge in [0, 0.05) is 24.6 Å². The molecule has 0 radical (unpaired) electrons. The van der Waals surface area contributed by atoms with Crippen LogP contribution in [0.3, 0.4) is 0 Å². The summed E-state index contributed by atoms with van der Waals surface area (Å²) in [4.78, 5) is 26.9. The number of nitrogens with one attached hydrogen (secondary N) is 2. The standard InChI is InChI=1S/C19H24ClN3O3/c1-19(2)10-11-6-7-13(20)15(16(11)26-19)22-18(25)21-14-8-9-23(17(14)24)12-4-3-5-12/h6-7,12,14H,3-5,8-10H2,1-2H3,(H2,21,22,25)/t14-/m0/s1. The Balaban J connectivity index is 1.43. The lowest BCUT2D eigenvalue weighted by Crippen LogP contribution is -2.47. The molecule has 2 fully saturated rings. The molecule has 1 atom stereocenters. The summed E-state index contributed by atoms with van der Waals surface area (Å²) in [7, 11) is 0. The Kier molecular flexibility index (Phi) is 4.26. The number of fused-ring (bicyclic) bond motifs is 1. The second-order valence-electron chi connectivity index (χ2n) is 8.01. The topological polar surface area (TPSA) is 70.7 Å². The van der Waals surface area contributed by atoms with E-state index in [1.54, 1.807) is 6.07 Å². The van der Waals surface area contributed by atoms with Crippen molar-refractivity contribution in [2.45, 2.75) is 63.6 Å². The van der Waals surface area contributed by atoms with Gasteiger partial charge in [0.2, 0.25) is 5.91 Å². The molecule has 3 amide bonds. The smallest absolute Gasteiger partial charge is 0.320 e. The third-order valence-electron chi connectivity index (χ3n) is 5.48. The van der Waals surface area contributed by atoms with E-state index >= 15 is 0 Å². The molecule has 2 heterocycles. The maximum absolute atomic E-state index is 12.5. The van der Waals surface area contributed by atoms with Crippen molar-refractivity contribution in [1.82, 2.24) is 10.2 Å². The molecule has 2 aliphatic heterocycles. The predicted molar refractivity (Wildman–Crippen MR) is 99.8 cm³/mol. The SMILES string of the molecule is CC1(C)Cc2ccc(Cl)c(NC(=O)N[C@H]3CCN(C4CCC4)C3=O)c2O1. The first kappa shape index (κ1) is 17.5. The van der Waals surface area contributed by atoms with Crippen molar-refractivity contribution in [2.24, 2.45) is 0 Å². The number of nitrogens with zero attached hydrogens (tertiary/aromatic N) is 1. The quantitative estimate of drug-likeness (QED) is 0.848. The van der Waals surface area contributed by atoms with Crippen molar-refractivity contribution in [3.05, 3.63) is 22.7 Å². The van der Waals surface area contributed by atoms with Gasteiger partial charge in [-0.15, -0.1) is 0 Å². The minimum Gasteiger partial charge on any atom is -0.485 e. The van der Waals surface area contributed by atoms with Gasteiger partial charge in [0.05, 0.1) is 5.02 Å². The van der Waals surface area contributed by atoms with E-state index in [9.17, 15) is 9.59 Å². The fourth-order valence-corrected chi connectivity index (χ4v) is 4.15. The summed E-state index contributed by atoms with van der Waals surface area (Å²) in [6.45, 7) is 4.71. The molecule has 140 valence electrons. The second-order valence-corrected chi connectivity index (χ2v) is 8.41. The van der Waals surface area contributed by atoms with Crippen molar-refractivity contribution < 1.29 is 14.3 Å². The van der Waals surface area contributed by atoms with E-state index in [4.69, 9.17) is 16.3 Å². The molecule has 1 saturated heterocycles. The van der Waals surface area contributed by atoms with Crippen LogP contribution in [0, 0.1) is 0 Å². The Hall–Kier alpha value is -1.95. The molecule has 6 nitrogen and oxygen atoms in total. The highest BCUT2D eigenvalue weighted by atomic mass is 35.5. The van der Waals surface area contributed by atoms with Crippen LogP contribution in [0.25, 0.3) is 0 Å². The number of halogens is 1. The molecule has 4 rings (SSSR count). The van der Waals surface area contributed by atoms with Gasteiger partial charge in [-0.1, -0.05) is 17.7 Å². The van der Waals surface area contributed by atoms with Crippen molar-refractivity contribution in [3.8, 4) is 5.75 Å². The zero-order chi connectivity index (χ0) is 18.5. The minimum absolute atomic E-state index is 0.0200. The Labute approximate surface area is 158 Å². The number of urea groups is 1.